The topological polar surface area (TPSA) is 68.4 Å². The van der Waals surface area contributed by atoms with Crippen LogP contribution in [0.5, 0.6) is 0 Å². The number of aromatic amines is 1. The fraction of sp³-hybridized carbons (Fsp3) is 0.231. The number of hydrogen-bond acceptors (Lipinski definition) is 4. The van der Waals surface area contributed by atoms with E-state index in [1.165, 1.54) is 13.3 Å². The quantitative estimate of drug-likeness (QED) is 0.653. The molecule has 0 aliphatic heterocycles. The van der Waals surface area contributed by atoms with Crippen molar-refractivity contribution >= 4 is 16.9 Å². The summed E-state index contributed by atoms with van der Waals surface area (Å²) in [5.74, 6) is -0.640. The first-order chi connectivity index (χ1) is 8.74. The van der Waals surface area contributed by atoms with Gasteiger partial charge >= 0.3 is 5.97 Å². The van der Waals surface area contributed by atoms with Gasteiger partial charge in [0.2, 0.25) is 5.43 Å². The maximum Gasteiger partial charge on any atom is 0.343 e. The van der Waals surface area contributed by atoms with Gasteiger partial charge in [-0.2, -0.15) is 0 Å². The van der Waals surface area contributed by atoms with E-state index in [4.69, 9.17) is 9.47 Å². The van der Waals surface area contributed by atoms with Crippen LogP contribution in [0.2, 0.25) is 0 Å². The fourth-order valence-electron chi connectivity index (χ4n) is 1.61. The molecule has 2 aromatic rings. The molecule has 18 heavy (non-hydrogen) atoms. The highest BCUT2D eigenvalue weighted by Crippen LogP contribution is 2.07. The van der Waals surface area contributed by atoms with Gasteiger partial charge in [-0.1, -0.05) is 12.1 Å². The number of hydrogen-bond donors (Lipinski definition) is 1. The summed E-state index contributed by atoms with van der Waals surface area (Å²) in [6, 6.07) is 7.00. The summed E-state index contributed by atoms with van der Waals surface area (Å²) in [5, 5.41) is 0.471. The van der Waals surface area contributed by atoms with Crippen LogP contribution in [0.15, 0.2) is 35.3 Å². The lowest BCUT2D eigenvalue weighted by Gasteiger charge is -2.04. The molecule has 0 saturated heterocycles. The zero-order chi connectivity index (χ0) is 13.0. The van der Waals surface area contributed by atoms with E-state index in [1.54, 1.807) is 18.2 Å². The first-order valence-corrected chi connectivity index (χ1v) is 5.50. The summed E-state index contributed by atoms with van der Waals surface area (Å²) in [6.45, 7) is 0.429. The molecule has 5 heteroatoms. The lowest BCUT2D eigenvalue weighted by molar-refractivity contribution is 0.0386. The third-order valence-electron chi connectivity index (χ3n) is 2.53. The molecule has 0 amide bonds. The van der Waals surface area contributed by atoms with Crippen LogP contribution in [0.25, 0.3) is 10.9 Å². The molecular weight excluding hydrogens is 234 g/mol. The van der Waals surface area contributed by atoms with E-state index in [2.05, 4.69) is 4.98 Å². The van der Waals surface area contributed by atoms with E-state index < -0.39 is 5.97 Å². The number of pyridine rings is 1. The van der Waals surface area contributed by atoms with Gasteiger partial charge in [0, 0.05) is 24.2 Å². The first kappa shape index (κ1) is 12.3. The van der Waals surface area contributed by atoms with Crippen molar-refractivity contribution in [1.29, 1.82) is 0 Å². The van der Waals surface area contributed by atoms with Gasteiger partial charge in [0.15, 0.2) is 0 Å². The van der Waals surface area contributed by atoms with E-state index >= 15 is 0 Å². The molecule has 1 N–H and O–H groups in total. The minimum absolute atomic E-state index is 0.00445. The van der Waals surface area contributed by atoms with E-state index in [1.807, 2.05) is 6.07 Å². The fourth-order valence-corrected chi connectivity index (χ4v) is 1.61. The molecule has 0 aliphatic rings. The lowest BCUT2D eigenvalue weighted by atomic mass is 10.1. The second-order valence-electron chi connectivity index (χ2n) is 3.71. The molecule has 0 atom stereocenters. The van der Waals surface area contributed by atoms with Gasteiger partial charge in [0.1, 0.15) is 12.2 Å². The molecule has 94 valence electrons. The maximum absolute atomic E-state index is 12.1. The van der Waals surface area contributed by atoms with Crippen molar-refractivity contribution in [2.45, 2.75) is 0 Å². The molecule has 1 heterocycles. The van der Waals surface area contributed by atoms with Crippen LogP contribution in [0.4, 0.5) is 0 Å². The number of nitrogens with one attached hydrogen (secondary N) is 1. The van der Waals surface area contributed by atoms with Crippen LogP contribution in [-0.4, -0.2) is 31.3 Å². The molecule has 0 saturated carbocycles. The molecule has 0 spiro atoms. The zero-order valence-corrected chi connectivity index (χ0v) is 9.93. The molecule has 0 unspecified atom stereocenters. The van der Waals surface area contributed by atoms with Crippen LogP contribution in [-0.2, 0) is 9.47 Å². The van der Waals surface area contributed by atoms with Crippen molar-refractivity contribution in [3.05, 3.63) is 46.2 Å². The van der Waals surface area contributed by atoms with Gasteiger partial charge in [-0.3, -0.25) is 4.79 Å². The molecule has 0 radical (unpaired) electrons. The third kappa shape index (κ3) is 2.41. The van der Waals surface area contributed by atoms with Crippen molar-refractivity contribution in [2.75, 3.05) is 20.3 Å². The highest BCUT2D eigenvalue weighted by atomic mass is 16.6. The SMILES string of the molecule is COCCOC(=O)c1c[nH]c2ccccc2c1=O. The minimum atomic E-state index is -0.640. The van der Waals surface area contributed by atoms with E-state index in [9.17, 15) is 9.59 Å². The largest absolute Gasteiger partial charge is 0.460 e. The predicted octanol–water partition coefficient (Wildman–Crippen LogP) is 1.33. The Bertz CT molecular complexity index is 618. The van der Waals surface area contributed by atoms with Gasteiger partial charge in [-0.05, 0) is 12.1 Å². The molecule has 0 bridgehead atoms. The Morgan fingerprint density at radius 3 is 2.83 bits per heavy atom. The smallest absolute Gasteiger partial charge is 0.343 e. The van der Waals surface area contributed by atoms with E-state index in [0.29, 0.717) is 17.5 Å². The standard InChI is InChI=1S/C13H13NO4/c1-17-6-7-18-13(16)10-8-14-11-5-3-2-4-9(11)12(10)15/h2-5,8H,6-7H2,1H3,(H,14,15). The monoisotopic (exact) mass is 247 g/mol. The van der Waals surface area contributed by atoms with E-state index in [0.717, 1.165) is 0 Å². The van der Waals surface area contributed by atoms with Crippen LogP contribution < -0.4 is 5.43 Å². The molecule has 2 rings (SSSR count). The summed E-state index contributed by atoms with van der Waals surface area (Å²) in [7, 11) is 1.51. The molecule has 0 aliphatic carbocycles. The number of carbonyl (C=O) groups excluding carboxylic acids is 1. The van der Waals surface area contributed by atoms with Crippen molar-refractivity contribution in [1.82, 2.24) is 4.98 Å². The summed E-state index contributed by atoms with van der Waals surface area (Å²) >= 11 is 0. The minimum Gasteiger partial charge on any atom is -0.460 e. The Kier molecular flexibility index (Phi) is 3.74. The number of H-pyrrole nitrogens is 1. The number of methoxy groups -OCH3 is 1. The Labute approximate surface area is 103 Å². The molecular formula is C13H13NO4. The number of benzene rings is 1. The Balaban J connectivity index is 2.31. The number of fused-ring (bicyclic) bond motifs is 1. The van der Waals surface area contributed by atoms with Crippen molar-refractivity contribution in [3.63, 3.8) is 0 Å². The van der Waals surface area contributed by atoms with Crippen LogP contribution >= 0.6 is 0 Å². The van der Waals surface area contributed by atoms with E-state index in [-0.39, 0.29) is 17.6 Å². The zero-order valence-electron chi connectivity index (χ0n) is 9.93. The Morgan fingerprint density at radius 2 is 2.06 bits per heavy atom. The highest BCUT2D eigenvalue weighted by molar-refractivity contribution is 5.93. The summed E-state index contributed by atoms with van der Waals surface area (Å²) in [4.78, 5) is 26.6. The highest BCUT2D eigenvalue weighted by Gasteiger charge is 2.13. The van der Waals surface area contributed by atoms with Gasteiger partial charge in [-0.15, -0.1) is 0 Å². The van der Waals surface area contributed by atoms with Crippen molar-refractivity contribution in [3.8, 4) is 0 Å². The van der Waals surface area contributed by atoms with Crippen LogP contribution in [0.1, 0.15) is 10.4 Å². The maximum atomic E-state index is 12.1. The number of carbonyl (C=O) groups is 1. The molecule has 0 fully saturated rings. The van der Waals surface area contributed by atoms with Crippen molar-refractivity contribution in [2.24, 2.45) is 0 Å². The summed E-state index contributed by atoms with van der Waals surface area (Å²) in [5.41, 5.74) is 0.368. The average Bonchev–Trinajstić information content (AvgIpc) is 2.39. The average molecular weight is 247 g/mol. The summed E-state index contributed by atoms with van der Waals surface area (Å²) < 4.78 is 9.68. The van der Waals surface area contributed by atoms with Gasteiger partial charge < -0.3 is 14.5 Å². The second kappa shape index (κ2) is 5.46. The van der Waals surface area contributed by atoms with Crippen LogP contribution in [0.3, 0.4) is 0 Å². The lowest BCUT2D eigenvalue weighted by Crippen LogP contribution is -2.19. The number of aromatic nitrogens is 1. The Hall–Kier alpha value is -2.14. The first-order valence-electron chi connectivity index (χ1n) is 5.50. The number of para-hydroxylation sites is 1. The molecule has 5 nitrogen and oxygen atoms in total. The van der Waals surface area contributed by atoms with Crippen molar-refractivity contribution < 1.29 is 14.3 Å². The second-order valence-corrected chi connectivity index (χ2v) is 3.71. The Morgan fingerprint density at radius 1 is 1.28 bits per heavy atom. The molecule has 1 aromatic heterocycles. The number of rotatable bonds is 4. The summed E-state index contributed by atoms with van der Waals surface area (Å²) in [6.07, 6.45) is 1.37. The normalized spacial score (nSPS) is 10.5. The third-order valence-corrected chi connectivity index (χ3v) is 2.53. The van der Waals surface area contributed by atoms with Gasteiger partial charge in [-0.25, -0.2) is 4.79 Å². The number of ether oxygens (including phenoxy) is 2. The molecule has 1 aromatic carbocycles. The predicted molar refractivity (Wildman–Crippen MR) is 66.7 cm³/mol. The number of esters is 1. The van der Waals surface area contributed by atoms with Gasteiger partial charge in [0.05, 0.1) is 6.61 Å². The van der Waals surface area contributed by atoms with Crippen LogP contribution in [0, 0.1) is 0 Å². The van der Waals surface area contributed by atoms with Gasteiger partial charge in [0.25, 0.3) is 0 Å².